The number of benzene rings is 3. The molecule has 0 amide bonds. The molecule has 25 heavy (non-hydrogen) atoms. The van der Waals surface area contributed by atoms with Crippen LogP contribution in [0.15, 0.2) is 77.8 Å². The van der Waals surface area contributed by atoms with Crippen molar-refractivity contribution in [3.05, 3.63) is 83.9 Å². The summed E-state index contributed by atoms with van der Waals surface area (Å²) in [5.41, 5.74) is 1.06. The van der Waals surface area contributed by atoms with Gasteiger partial charge in [-0.3, -0.25) is 4.99 Å². The highest BCUT2D eigenvalue weighted by Crippen LogP contribution is 2.26. The van der Waals surface area contributed by atoms with Crippen LogP contribution in [0.5, 0.6) is 0 Å². The van der Waals surface area contributed by atoms with E-state index in [4.69, 9.17) is 4.74 Å². The van der Waals surface area contributed by atoms with Crippen molar-refractivity contribution < 1.29 is 9.53 Å². The minimum absolute atomic E-state index is 0.340. The lowest BCUT2D eigenvalue weighted by Crippen LogP contribution is -2.37. The molecule has 0 radical (unpaired) electrons. The number of hydrogen-bond acceptors (Lipinski definition) is 3. The Bertz CT molecular complexity index is 897. The van der Waals surface area contributed by atoms with E-state index in [0.29, 0.717) is 6.42 Å². The molecule has 0 heterocycles. The van der Waals surface area contributed by atoms with Crippen LogP contribution in [-0.2, 0) is 16.0 Å². The molecule has 3 aromatic carbocycles. The molecule has 3 rings (SSSR count). The number of nitrogens with zero attached hydrogens (tertiary/aromatic N) is 1. The Balaban J connectivity index is 1.98. The number of hydrogen-bond donors (Lipinski definition) is 0. The molecule has 0 unspecified atom stereocenters. The van der Waals surface area contributed by atoms with E-state index >= 15 is 0 Å². The van der Waals surface area contributed by atoms with E-state index in [1.165, 1.54) is 7.11 Å². The molecule has 0 spiro atoms. The van der Waals surface area contributed by atoms with Crippen LogP contribution in [-0.4, -0.2) is 24.8 Å². The van der Waals surface area contributed by atoms with Gasteiger partial charge in [-0.2, -0.15) is 0 Å². The van der Waals surface area contributed by atoms with Crippen molar-refractivity contribution in [2.75, 3.05) is 7.11 Å². The quantitative estimate of drug-likeness (QED) is 0.512. The molecule has 0 N–H and O–H groups in total. The second-order valence-electron chi connectivity index (χ2n) is 6.25. The number of carbonyl (C=O) groups is 1. The van der Waals surface area contributed by atoms with Crippen LogP contribution in [0.4, 0.5) is 0 Å². The number of aliphatic imine (C=N–C) groups is 1. The zero-order valence-corrected chi connectivity index (χ0v) is 14.5. The largest absolute Gasteiger partial charge is 0.467 e. The minimum atomic E-state index is -0.977. The van der Waals surface area contributed by atoms with Crippen molar-refractivity contribution in [3.8, 4) is 0 Å². The van der Waals surface area contributed by atoms with Crippen molar-refractivity contribution >= 4 is 23.0 Å². The van der Waals surface area contributed by atoms with Gasteiger partial charge in [-0.1, -0.05) is 72.8 Å². The summed E-state index contributed by atoms with van der Waals surface area (Å²) in [6.07, 6.45) is 2.21. The Hall–Kier alpha value is -2.94. The monoisotopic (exact) mass is 331 g/mol. The Morgan fingerprint density at radius 2 is 1.68 bits per heavy atom. The lowest BCUT2D eigenvalue weighted by Gasteiger charge is -2.23. The van der Waals surface area contributed by atoms with Crippen molar-refractivity contribution in [1.29, 1.82) is 0 Å². The third-order valence-corrected chi connectivity index (χ3v) is 4.34. The predicted molar refractivity (Wildman–Crippen MR) is 102 cm³/mol. The molecule has 0 aliphatic heterocycles. The van der Waals surface area contributed by atoms with Gasteiger partial charge >= 0.3 is 5.97 Å². The molecule has 3 aromatic rings. The van der Waals surface area contributed by atoms with E-state index in [1.807, 2.05) is 61.5 Å². The van der Waals surface area contributed by atoms with E-state index in [-0.39, 0.29) is 5.97 Å². The van der Waals surface area contributed by atoms with Crippen LogP contribution in [0.2, 0.25) is 0 Å². The number of rotatable bonds is 5. The topological polar surface area (TPSA) is 38.7 Å². The molecule has 0 aromatic heterocycles. The van der Waals surface area contributed by atoms with Crippen molar-refractivity contribution in [1.82, 2.24) is 0 Å². The van der Waals surface area contributed by atoms with E-state index in [0.717, 1.165) is 21.9 Å². The molecular weight excluding hydrogens is 310 g/mol. The van der Waals surface area contributed by atoms with Crippen LogP contribution in [0.1, 0.15) is 18.1 Å². The van der Waals surface area contributed by atoms with Gasteiger partial charge in [0.05, 0.1) is 7.11 Å². The predicted octanol–water partition coefficient (Wildman–Crippen LogP) is 4.43. The smallest absolute Gasteiger partial charge is 0.333 e. The summed E-state index contributed by atoms with van der Waals surface area (Å²) in [7, 11) is 1.40. The second-order valence-corrected chi connectivity index (χ2v) is 6.25. The van der Waals surface area contributed by atoms with Gasteiger partial charge in [-0.15, -0.1) is 0 Å². The van der Waals surface area contributed by atoms with E-state index in [2.05, 4.69) is 23.2 Å². The first-order valence-corrected chi connectivity index (χ1v) is 8.28. The first kappa shape index (κ1) is 16.9. The fraction of sp³-hybridized carbons (Fsp3) is 0.182. The molecule has 0 aliphatic rings. The molecule has 0 bridgehead atoms. The Labute approximate surface area is 148 Å². The fourth-order valence-electron chi connectivity index (χ4n) is 2.96. The van der Waals surface area contributed by atoms with Gasteiger partial charge < -0.3 is 4.74 Å². The summed E-state index contributed by atoms with van der Waals surface area (Å²) in [4.78, 5) is 17.1. The lowest BCUT2D eigenvalue weighted by molar-refractivity contribution is -0.146. The van der Waals surface area contributed by atoms with Crippen LogP contribution in [0, 0.1) is 0 Å². The Kier molecular flexibility index (Phi) is 4.94. The highest BCUT2D eigenvalue weighted by Gasteiger charge is 2.34. The average molecular weight is 331 g/mol. The summed E-state index contributed by atoms with van der Waals surface area (Å²) in [6, 6.07) is 24.0. The third-order valence-electron chi connectivity index (χ3n) is 4.34. The summed E-state index contributed by atoms with van der Waals surface area (Å²) in [6.45, 7) is 1.82. The maximum Gasteiger partial charge on any atom is 0.333 e. The van der Waals surface area contributed by atoms with E-state index in [1.54, 1.807) is 6.21 Å². The molecule has 0 saturated carbocycles. The van der Waals surface area contributed by atoms with Gasteiger partial charge in [0.15, 0.2) is 5.54 Å². The fourth-order valence-corrected chi connectivity index (χ4v) is 2.96. The van der Waals surface area contributed by atoms with E-state index in [9.17, 15) is 4.79 Å². The highest BCUT2D eigenvalue weighted by atomic mass is 16.5. The van der Waals surface area contributed by atoms with E-state index < -0.39 is 5.54 Å². The molecule has 3 nitrogen and oxygen atoms in total. The number of fused-ring (bicyclic) bond motifs is 1. The Morgan fingerprint density at radius 1 is 1.00 bits per heavy atom. The summed E-state index contributed by atoms with van der Waals surface area (Å²) in [5, 5.41) is 2.29. The Morgan fingerprint density at radius 3 is 2.44 bits per heavy atom. The molecule has 1 atom stereocenters. The molecule has 3 heteroatoms. The first-order chi connectivity index (χ1) is 12.1. The van der Waals surface area contributed by atoms with Crippen molar-refractivity contribution in [3.63, 3.8) is 0 Å². The number of ether oxygens (including phenoxy) is 1. The standard InChI is InChI=1S/C22H21NO2/c1-22(21(24)25-2,23-16-17-9-4-3-5-10-17)15-19-13-8-12-18-11-6-7-14-20(18)19/h3-14,16H,15H2,1-2H3/t22-/m1/s1. The normalized spacial score (nSPS) is 13.7. The summed E-state index contributed by atoms with van der Waals surface area (Å²) in [5.74, 6) is -0.340. The summed E-state index contributed by atoms with van der Waals surface area (Å²) < 4.78 is 5.04. The molecule has 0 fully saturated rings. The zero-order chi connectivity index (χ0) is 17.7. The lowest BCUT2D eigenvalue weighted by atomic mass is 9.90. The number of carbonyl (C=O) groups excluding carboxylic acids is 1. The average Bonchev–Trinajstić information content (AvgIpc) is 2.67. The van der Waals surface area contributed by atoms with Gasteiger partial charge in [-0.05, 0) is 28.8 Å². The molecule has 126 valence electrons. The molecular formula is C22H21NO2. The van der Waals surface area contributed by atoms with Crippen LogP contribution >= 0.6 is 0 Å². The maximum absolute atomic E-state index is 12.5. The van der Waals surface area contributed by atoms with Crippen LogP contribution < -0.4 is 0 Å². The zero-order valence-electron chi connectivity index (χ0n) is 14.5. The van der Waals surface area contributed by atoms with Gasteiger partial charge in [0, 0.05) is 12.6 Å². The van der Waals surface area contributed by atoms with Gasteiger partial charge in [0.2, 0.25) is 0 Å². The van der Waals surface area contributed by atoms with Gasteiger partial charge in [0.1, 0.15) is 0 Å². The number of methoxy groups -OCH3 is 1. The van der Waals surface area contributed by atoms with Gasteiger partial charge in [0.25, 0.3) is 0 Å². The number of esters is 1. The van der Waals surface area contributed by atoms with Crippen LogP contribution in [0.25, 0.3) is 10.8 Å². The van der Waals surface area contributed by atoms with Crippen LogP contribution in [0.3, 0.4) is 0 Å². The molecule has 0 saturated heterocycles. The first-order valence-electron chi connectivity index (χ1n) is 8.28. The van der Waals surface area contributed by atoms with Crippen molar-refractivity contribution in [2.45, 2.75) is 18.9 Å². The maximum atomic E-state index is 12.5. The minimum Gasteiger partial charge on any atom is -0.467 e. The SMILES string of the molecule is COC(=O)[C@@](C)(Cc1cccc2ccccc12)N=Cc1ccccc1. The third kappa shape index (κ3) is 3.77. The molecule has 0 aliphatic carbocycles. The second kappa shape index (κ2) is 7.31. The summed E-state index contributed by atoms with van der Waals surface area (Å²) >= 11 is 0. The highest BCUT2D eigenvalue weighted by molar-refractivity contribution is 5.89. The van der Waals surface area contributed by atoms with Crippen molar-refractivity contribution in [2.24, 2.45) is 4.99 Å². The van der Waals surface area contributed by atoms with Gasteiger partial charge in [-0.25, -0.2) is 4.79 Å².